The highest BCUT2D eigenvalue weighted by atomic mass is 16.5. The topological polar surface area (TPSA) is 111 Å². The molecular weight excluding hydrogens is 360 g/mol. The number of ether oxygens (including phenoxy) is 1. The van der Waals surface area contributed by atoms with Crippen molar-refractivity contribution in [2.45, 2.75) is 31.7 Å². The summed E-state index contributed by atoms with van der Waals surface area (Å²) in [6.45, 7) is 3.77. The van der Waals surface area contributed by atoms with Crippen molar-refractivity contribution in [3.63, 3.8) is 0 Å². The van der Waals surface area contributed by atoms with E-state index < -0.39 is 0 Å². The van der Waals surface area contributed by atoms with Crippen LogP contribution in [0.5, 0.6) is 5.75 Å². The summed E-state index contributed by atoms with van der Waals surface area (Å²) in [7, 11) is 1.58. The van der Waals surface area contributed by atoms with Gasteiger partial charge >= 0.3 is 0 Å². The molecule has 2 saturated heterocycles. The van der Waals surface area contributed by atoms with Gasteiger partial charge in [0.25, 0.3) is 5.91 Å². The lowest BCUT2D eigenvalue weighted by atomic mass is 9.96. The standard InChI is InChI=1S/C20H28N4O4/c1-28-16-5-3-15(4-6-16)24-18(25)13-17(20(24)27)22-9-2-10-23-11-7-14(8-12-23)19(21)26/h3-6,14,17,22H,2,7-13H2,1H3,(H2,21,26)/p+2/t17-/m0/s1. The van der Waals surface area contributed by atoms with Gasteiger partial charge < -0.3 is 20.7 Å². The van der Waals surface area contributed by atoms with E-state index in [0.29, 0.717) is 11.4 Å². The Labute approximate surface area is 165 Å². The zero-order chi connectivity index (χ0) is 20.1. The molecule has 8 nitrogen and oxygen atoms in total. The first-order valence-electron chi connectivity index (χ1n) is 9.96. The van der Waals surface area contributed by atoms with E-state index in [1.54, 1.807) is 31.4 Å². The van der Waals surface area contributed by atoms with Crippen LogP contribution in [0.3, 0.4) is 0 Å². The lowest BCUT2D eigenvalue weighted by Crippen LogP contribution is -3.13. The van der Waals surface area contributed by atoms with Crippen molar-refractivity contribution in [2.24, 2.45) is 11.7 Å². The van der Waals surface area contributed by atoms with Crippen LogP contribution in [0.2, 0.25) is 0 Å². The molecule has 2 heterocycles. The van der Waals surface area contributed by atoms with Crippen LogP contribution in [0.4, 0.5) is 5.69 Å². The van der Waals surface area contributed by atoms with E-state index in [1.807, 2.05) is 5.32 Å². The number of quaternary nitrogens is 2. The van der Waals surface area contributed by atoms with Gasteiger partial charge in [0.05, 0.1) is 45.4 Å². The number of amides is 3. The monoisotopic (exact) mass is 390 g/mol. The zero-order valence-corrected chi connectivity index (χ0v) is 16.4. The Balaban J connectivity index is 1.42. The van der Waals surface area contributed by atoms with Gasteiger partial charge in [-0.3, -0.25) is 14.4 Å². The van der Waals surface area contributed by atoms with Gasteiger partial charge in [0.15, 0.2) is 6.04 Å². The summed E-state index contributed by atoms with van der Waals surface area (Å²) in [5, 5.41) is 1.99. The molecule has 0 aliphatic carbocycles. The van der Waals surface area contributed by atoms with Crippen molar-refractivity contribution in [3.8, 4) is 5.75 Å². The summed E-state index contributed by atoms with van der Waals surface area (Å²) in [4.78, 5) is 39.0. The van der Waals surface area contributed by atoms with Gasteiger partial charge in [-0.15, -0.1) is 0 Å². The molecule has 3 rings (SSSR count). The van der Waals surface area contributed by atoms with Gasteiger partial charge in [-0.1, -0.05) is 0 Å². The minimum atomic E-state index is -0.342. The van der Waals surface area contributed by atoms with Gasteiger partial charge in [0.1, 0.15) is 5.75 Å². The number of rotatable bonds is 8. The smallest absolute Gasteiger partial charge is 0.292 e. The number of hydrogen-bond donors (Lipinski definition) is 3. The summed E-state index contributed by atoms with van der Waals surface area (Å²) in [5.74, 6) is 0.230. The van der Waals surface area contributed by atoms with Gasteiger partial charge in [0.2, 0.25) is 11.8 Å². The maximum absolute atomic E-state index is 12.7. The number of hydrogen-bond acceptors (Lipinski definition) is 4. The molecule has 0 radical (unpaired) electrons. The fraction of sp³-hybridized carbons (Fsp3) is 0.550. The molecule has 152 valence electrons. The normalized spacial score (nSPS) is 25.2. The number of imide groups is 1. The predicted molar refractivity (Wildman–Crippen MR) is 103 cm³/mol. The first-order chi connectivity index (χ1) is 13.5. The predicted octanol–water partition coefficient (Wildman–Crippen LogP) is -1.94. The van der Waals surface area contributed by atoms with Crippen LogP contribution in [0.15, 0.2) is 24.3 Å². The van der Waals surface area contributed by atoms with E-state index in [1.165, 1.54) is 9.80 Å². The molecule has 0 saturated carbocycles. The van der Waals surface area contributed by atoms with Crippen molar-refractivity contribution < 1.29 is 29.3 Å². The summed E-state index contributed by atoms with van der Waals surface area (Å²) in [6, 6.07) is 6.62. The third kappa shape index (κ3) is 4.69. The molecule has 2 fully saturated rings. The number of nitrogens with one attached hydrogen (secondary N) is 1. The zero-order valence-electron chi connectivity index (χ0n) is 16.4. The number of piperidine rings is 1. The molecule has 0 aromatic heterocycles. The van der Waals surface area contributed by atoms with Crippen LogP contribution in [0, 0.1) is 5.92 Å². The summed E-state index contributed by atoms with van der Waals surface area (Å²) < 4.78 is 5.12. The van der Waals surface area contributed by atoms with Crippen LogP contribution in [0.25, 0.3) is 0 Å². The molecular formula is C20H30N4O4+2. The minimum absolute atomic E-state index is 0.0290. The molecule has 5 N–H and O–H groups in total. The number of anilines is 1. The third-order valence-corrected chi connectivity index (χ3v) is 5.79. The molecule has 0 unspecified atom stereocenters. The number of carbonyl (C=O) groups excluding carboxylic acids is 3. The van der Waals surface area contributed by atoms with E-state index in [4.69, 9.17) is 10.5 Å². The second-order valence-electron chi connectivity index (χ2n) is 7.63. The minimum Gasteiger partial charge on any atom is -0.497 e. The molecule has 3 amide bonds. The third-order valence-electron chi connectivity index (χ3n) is 5.79. The molecule has 1 aromatic carbocycles. The fourth-order valence-electron chi connectivity index (χ4n) is 4.07. The van der Waals surface area contributed by atoms with Crippen LogP contribution in [-0.2, 0) is 14.4 Å². The quantitative estimate of drug-likeness (QED) is 0.354. The van der Waals surface area contributed by atoms with Crippen molar-refractivity contribution in [2.75, 3.05) is 38.2 Å². The highest BCUT2D eigenvalue weighted by molar-refractivity contribution is 6.21. The van der Waals surface area contributed by atoms with E-state index in [0.717, 1.165) is 45.4 Å². The number of likely N-dealkylation sites (tertiary alicyclic amines) is 1. The Bertz CT molecular complexity index is 713. The number of benzene rings is 1. The average molecular weight is 390 g/mol. The lowest BCUT2D eigenvalue weighted by Gasteiger charge is -2.27. The number of carbonyl (C=O) groups is 3. The lowest BCUT2D eigenvalue weighted by molar-refractivity contribution is -0.907. The molecule has 28 heavy (non-hydrogen) atoms. The van der Waals surface area contributed by atoms with Crippen LogP contribution in [-0.4, -0.2) is 57.1 Å². The molecule has 0 bridgehead atoms. The Morgan fingerprint density at radius 1 is 1.25 bits per heavy atom. The molecule has 1 aromatic rings. The Hall–Kier alpha value is -2.45. The Morgan fingerprint density at radius 2 is 1.93 bits per heavy atom. The first kappa shape index (κ1) is 20.3. The fourth-order valence-corrected chi connectivity index (χ4v) is 4.07. The number of methoxy groups -OCH3 is 1. The molecule has 8 heteroatoms. The van der Waals surface area contributed by atoms with Crippen molar-refractivity contribution in [1.29, 1.82) is 0 Å². The first-order valence-corrected chi connectivity index (χ1v) is 9.96. The van der Waals surface area contributed by atoms with Crippen LogP contribution >= 0.6 is 0 Å². The SMILES string of the molecule is COc1ccc(N2C(=O)C[C@H]([NH2+]CCC[NH+]3CCC(C(N)=O)CC3)C2=O)cc1. The molecule has 2 aliphatic rings. The van der Waals surface area contributed by atoms with Crippen molar-refractivity contribution in [3.05, 3.63) is 24.3 Å². The summed E-state index contributed by atoms with van der Waals surface area (Å²) in [5.41, 5.74) is 5.96. The Morgan fingerprint density at radius 3 is 2.54 bits per heavy atom. The molecule has 0 spiro atoms. The maximum atomic E-state index is 12.7. The molecule has 2 aliphatic heterocycles. The second-order valence-corrected chi connectivity index (χ2v) is 7.63. The number of nitrogens with two attached hydrogens (primary N) is 2. The van der Waals surface area contributed by atoms with Crippen LogP contribution in [0.1, 0.15) is 25.7 Å². The Kier molecular flexibility index (Phi) is 6.64. The van der Waals surface area contributed by atoms with E-state index in [-0.39, 0.29) is 36.1 Å². The van der Waals surface area contributed by atoms with E-state index >= 15 is 0 Å². The summed E-state index contributed by atoms with van der Waals surface area (Å²) >= 11 is 0. The number of primary amides is 1. The second kappa shape index (κ2) is 9.16. The van der Waals surface area contributed by atoms with Crippen molar-refractivity contribution >= 4 is 23.4 Å². The highest BCUT2D eigenvalue weighted by Gasteiger charge is 2.42. The van der Waals surface area contributed by atoms with E-state index in [9.17, 15) is 14.4 Å². The van der Waals surface area contributed by atoms with Gasteiger partial charge in [-0.05, 0) is 24.3 Å². The summed E-state index contributed by atoms with van der Waals surface area (Å²) in [6.07, 6.45) is 2.93. The number of nitrogens with zero attached hydrogens (tertiary/aromatic N) is 1. The van der Waals surface area contributed by atoms with E-state index in [2.05, 4.69) is 0 Å². The van der Waals surface area contributed by atoms with Gasteiger partial charge in [-0.25, -0.2) is 4.90 Å². The van der Waals surface area contributed by atoms with Gasteiger partial charge in [-0.2, -0.15) is 0 Å². The maximum Gasteiger partial charge on any atom is 0.292 e. The largest absolute Gasteiger partial charge is 0.497 e. The highest BCUT2D eigenvalue weighted by Crippen LogP contribution is 2.24. The molecule has 1 atom stereocenters. The van der Waals surface area contributed by atoms with Crippen LogP contribution < -0.4 is 25.6 Å². The average Bonchev–Trinajstić information content (AvgIpc) is 2.99. The van der Waals surface area contributed by atoms with Gasteiger partial charge in [0, 0.05) is 25.2 Å². The van der Waals surface area contributed by atoms with Crippen molar-refractivity contribution in [1.82, 2.24) is 0 Å².